The topological polar surface area (TPSA) is 9.23 Å². The van der Waals surface area contributed by atoms with E-state index in [1.807, 2.05) is 0 Å². The first kappa shape index (κ1) is 11.0. The van der Waals surface area contributed by atoms with Gasteiger partial charge in [-0.15, -0.1) is 0 Å². The van der Waals surface area contributed by atoms with Gasteiger partial charge in [-0.3, -0.25) is 0 Å². The van der Waals surface area contributed by atoms with Crippen LogP contribution in [0.5, 0.6) is 0 Å². The molecule has 0 atom stereocenters. The molecule has 1 nitrogen and oxygen atoms in total. The van der Waals surface area contributed by atoms with Crippen molar-refractivity contribution in [2.24, 2.45) is 0 Å². The van der Waals surface area contributed by atoms with Gasteiger partial charge in [-0.1, -0.05) is 48.6 Å². The van der Waals surface area contributed by atoms with E-state index < -0.39 is 0 Å². The van der Waals surface area contributed by atoms with Gasteiger partial charge in [0.15, 0.2) is 0 Å². The molecule has 14 heavy (non-hydrogen) atoms. The molecular formula is C13H18O. The standard InChI is InChI=1S/2C5H6.C3H6O/c2*1-2-4-5-3-1;1-2-4-3-1/h2*1-4H,5H2;1-3H2. The molecule has 1 heterocycles. The van der Waals surface area contributed by atoms with E-state index in [9.17, 15) is 0 Å². The highest BCUT2D eigenvalue weighted by Gasteiger charge is 1.94. The summed E-state index contributed by atoms with van der Waals surface area (Å²) in [5, 5.41) is 0. The molecule has 1 saturated heterocycles. The predicted molar refractivity (Wildman–Crippen MR) is 61.2 cm³/mol. The van der Waals surface area contributed by atoms with Crippen molar-refractivity contribution < 1.29 is 4.74 Å². The maximum Gasteiger partial charge on any atom is 0.0488 e. The van der Waals surface area contributed by atoms with E-state index in [0.29, 0.717) is 0 Å². The molecule has 3 aliphatic rings. The fourth-order valence-corrected chi connectivity index (χ4v) is 0.930. The molecule has 1 aliphatic heterocycles. The summed E-state index contributed by atoms with van der Waals surface area (Å²) in [5.74, 6) is 0. The minimum Gasteiger partial charge on any atom is -0.381 e. The van der Waals surface area contributed by atoms with Crippen LogP contribution in [0.4, 0.5) is 0 Å². The lowest BCUT2D eigenvalue weighted by Crippen LogP contribution is -2.09. The minimum atomic E-state index is 1.00. The van der Waals surface area contributed by atoms with E-state index in [1.54, 1.807) is 0 Å². The molecule has 0 bridgehead atoms. The summed E-state index contributed by atoms with van der Waals surface area (Å²) >= 11 is 0. The van der Waals surface area contributed by atoms with Crippen LogP contribution >= 0.6 is 0 Å². The number of hydrogen-bond acceptors (Lipinski definition) is 1. The molecule has 0 unspecified atom stereocenters. The van der Waals surface area contributed by atoms with Crippen LogP contribution in [0.3, 0.4) is 0 Å². The zero-order chi connectivity index (χ0) is 9.90. The van der Waals surface area contributed by atoms with Gasteiger partial charge in [-0.2, -0.15) is 0 Å². The second-order valence-electron chi connectivity index (χ2n) is 3.15. The Kier molecular flexibility index (Phi) is 6.69. The Labute approximate surface area is 86.5 Å². The van der Waals surface area contributed by atoms with Gasteiger partial charge in [0.1, 0.15) is 0 Å². The van der Waals surface area contributed by atoms with Crippen LogP contribution < -0.4 is 0 Å². The highest BCUT2D eigenvalue weighted by molar-refractivity contribution is 5.12. The fourth-order valence-electron chi connectivity index (χ4n) is 0.930. The Morgan fingerprint density at radius 1 is 0.643 bits per heavy atom. The number of allylic oxidation sites excluding steroid dienone is 8. The van der Waals surface area contributed by atoms with Crippen molar-refractivity contribution in [3.63, 3.8) is 0 Å². The maximum absolute atomic E-state index is 4.72. The second kappa shape index (κ2) is 8.52. The molecule has 0 radical (unpaired) electrons. The van der Waals surface area contributed by atoms with Crippen LogP contribution in [-0.4, -0.2) is 13.2 Å². The number of rotatable bonds is 0. The Morgan fingerprint density at radius 2 is 0.929 bits per heavy atom. The monoisotopic (exact) mass is 190 g/mol. The zero-order valence-electron chi connectivity index (χ0n) is 8.56. The van der Waals surface area contributed by atoms with Crippen LogP contribution in [0.1, 0.15) is 19.3 Å². The molecule has 3 rings (SSSR count). The molecule has 1 heteroatoms. The van der Waals surface area contributed by atoms with Crippen molar-refractivity contribution in [2.45, 2.75) is 19.3 Å². The van der Waals surface area contributed by atoms with Crippen LogP contribution in [0.2, 0.25) is 0 Å². The average molecular weight is 190 g/mol. The maximum atomic E-state index is 4.72. The first-order valence-corrected chi connectivity index (χ1v) is 5.21. The number of ether oxygens (including phenoxy) is 1. The van der Waals surface area contributed by atoms with E-state index in [0.717, 1.165) is 26.1 Å². The molecule has 1 fully saturated rings. The van der Waals surface area contributed by atoms with Gasteiger partial charge in [-0.25, -0.2) is 0 Å². The highest BCUT2D eigenvalue weighted by atomic mass is 16.5. The molecule has 0 saturated carbocycles. The smallest absolute Gasteiger partial charge is 0.0488 e. The van der Waals surface area contributed by atoms with Gasteiger partial charge >= 0.3 is 0 Å². The zero-order valence-corrected chi connectivity index (χ0v) is 8.56. The van der Waals surface area contributed by atoms with Crippen molar-refractivity contribution in [3.05, 3.63) is 48.6 Å². The summed E-state index contributed by atoms with van der Waals surface area (Å²) in [6, 6.07) is 0. The quantitative estimate of drug-likeness (QED) is 0.568. The Morgan fingerprint density at radius 3 is 1.00 bits per heavy atom. The van der Waals surface area contributed by atoms with Crippen molar-refractivity contribution in [3.8, 4) is 0 Å². The predicted octanol–water partition coefficient (Wildman–Crippen LogP) is 3.41. The van der Waals surface area contributed by atoms with E-state index in [1.165, 1.54) is 6.42 Å². The van der Waals surface area contributed by atoms with Crippen LogP contribution in [-0.2, 0) is 4.74 Å². The van der Waals surface area contributed by atoms with E-state index in [4.69, 9.17) is 4.74 Å². The molecule has 76 valence electrons. The van der Waals surface area contributed by atoms with E-state index >= 15 is 0 Å². The first-order valence-electron chi connectivity index (χ1n) is 5.21. The van der Waals surface area contributed by atoms with Crippen molar-refractivity contribution >= 4 is 0 Å². The number of hydrogen-bond donors (Lipinski definition) is 0. The molecule has 0 N–H and O–H groups in total. The van der Waals surface area contributed by atoms with Gasteiger partial charge in [0.25, 0.3) is 0 Å². The summed E-state index contributed by atoms with van der Waals surface area (Å²) in [4.78, 5) is 0. The molecule has 0 aromatic carbocycles. The van der Waals surface area contributed by atoms with Crippen molar-refractivity contribution in [1.82, 2.24) is 0 Å². The summed E-state index contributed by atoms with van der Waals surface area (Å²) < 4.78 is 4.72. The van der Waals surface area contributed by atoms with Crippen LogP contribution in [0, 0.1) is 0 Å². The van der Waals surface area contributed by atoms with Gasteiger partial charge in [0.05, 0.1) is 0 Å². The van der Waals surface area contributed by atoms with Crippen molar-refractivity contribution in [2.75, 3.05) is 13.2 Å². The summed E-state index contributed by atoms with van der Waals surface area (Å²) in [6.07, 6.45) is 20.3. The van der Waals surface area contributed by atoms with Gasteiger partial charge in [-0.05, 0) is 19.3 Å². The summed E-state index contributed by atoms with van der Waals surface area (Å²) in [6.45, 7) is 2.00. The van der Waals surface area contributed by atoms with Gasteiger partial charge < -0.3 is 4.74 Å². The van der Waals surface area contributed by atoms with Crippen LogP contribution in [0.15, 0.2) is 48.6 Å². The fraction of sp³-hybridized carbons (Fsp3) is 0.385. The largest absolute Gasteiger partial charge is 0.381 e. The first-order chi connectivity index (χ1) is 7.00. The lowest BCUT2D eigenvalue weighted by molar-refractivity contribution is 0.0367. The average Bonchev–Trinajstić information content (AvgIpc) is 2.81. The third-order valence-electron chi connectivity index (χ3n) is 1.89. The third-order valence-corrected chi connectivity index (χ3v) is 1.89. The van der Waals surface area contributed by atoms with E-state index in [-0.39, 0.29) is 0 Å². The van der Waals surface area contributed by atoms with Gasteiger partial charge in [0.2, 0.25) is 0 Å². The Hall–Kier alpha value is -1.08. The molecule has 0 spiro atoms. The molecule has 0 aromatic heterocycles. The lowest BCUT2D eigenvalue weighted by Gasteiger charge is -2.09. The molecule has 0 amide bonds. The Balaban J connectivity index is 0.000000106. The summed E-state index contributed by atoms with van der Waals surface area (Å²) in [5.41, 5.74) is 0. The normalized spacial score (nSPS) is 19.4. The molecule has 2 aliphatic carbocycles. The third kappa shape index (κ3) is 6.44. The van der Waals surface area contributed by atoms with Crippen LogP contribution in [0.25, 0.3) is 0 Å². The summed E-state index contributed by atoms with van der Waals surface area (Å²) in [7, 11) is 0. The lowest BCUT2D eigenvalue weighted by atomic mass is 10.4. The van der Waals surface area contributed by atoms with Gasteiger partial charge in [0, 0.05) is 13.2 Å². The molecular weight excluding hydrogens is 172 g/mol. The minimum absolute atomic E-state index is 1.00. The Bertz CT molecular complexity index is 184. The van der Waals surface area contributed by atoms with E-state index in [2.05, 4.69) is 48.6 Å². The molecule has 0 aromatic rings. The van der Waals surface area contributed by atoms with Crippen molar-refractivity contribution in [1.29, 1.82) is 0 Å². The second-order valence-corrected chi connectivity index (χ2v) is 3.15. The highest BCUT2D eigenvalue weighted by Crippen LogP contribution is 1.94. The SMILES string of the molecule is C1=CCC=C1.C1=CCC=C1.C1COC1.